The van der Waals surface area contributed by atoms with Crippen LogP contribution < -0.4 is 10.1 Å². The van der Waals surface area contributed by atoms with E-state index in [1.54, 1.807) is 0 Å². The number of amides is 3. The second-order valence-corrected chi connectivity index (χ2v) is 8.75. The zero-order chi connectivity index (χ0) is 21.4. The first-order valence-electron chi connectivity index (χ1n) is 9.58. The molecule has 3 amide bonds. The number of nitrogens with one attached hydrogen (secondary N) is 1. The Labute approximate surface area is 169 Å². The molecule has 8 heteroatoms. The minimum atomic E-state index is -0.958. The normalized spacial score (nSPS) is 25.7. The molecule has 0 aromatic heterocycles. The fourth-order valence-electron chi connectivity index (χ4n) is 4.72. The summed E-state index contributed by atoms with van der Waals surface area (Å²) >= 11 is 0. The van der Waals surface area contributed by atoms with Crippen LogP contribution >= 0.6 is 0 Å². The van der Waals surface area contributed by atoms with E-state index in [-0.39, 0.29) is 23.0 Å². The van der Waals surface area contributed by atoms with E-state index in [1.165, 1.54) is 31.4 Å². The van der Waals surface area contributed by atoms with E-state index in [9.17, 15) is 19.2 Å². The van der Waals surface area contributed by atoms with E-state index in [0.717, 1.165) is 11.3 Å². The Morgan fingerprint density at radius 2 is 1.83 bits per heavy atom. The van der Waals surface area contributed by atoms with E-state index < -0.39 is 30.1 Å². The quantitative estimate of drug-likeness (QED) is 0.472. The summed E-state index contributed by atoms with van der Waals surface area (Å²) in [4.78, 5) is 50.2. The van der Waals surface area contributed by atoms with Crippen molar-refractivity contribution >= 4 is 23.9 Å². The molecule has 1 aromatic carbocycles. The molecular weight excluding hydrogens is 376 g/mol. The van der Waals surface area contributed by atoms with Crippen LogP contribution in [0, 0.1) is 11.3 Å². The molecule has 1 saturated heterocycles. The van der Waals surface area contributed by atoms with E-state index in [4.69, 9.17) is 4.74 Å². The highest BCUT2D eigenvalue weighted by atomic mass is 16.5. The van der Waals surface area contributed by atoms with Crippen molar-refractivity contribution in [2.45, 2.75) is 45.6 Å². The van der Waals surface area contributed by atoms with Gasteiger partial charge in [0.1, 0.15) is 17.8 Å². The van der Waals surface area contributed by atoms with Gasteiger partial charge in [0.05, 0.1) is 12.7 Å². The fourth-order valence-corrected chi connectivity index (χ4v) is 4.72. The lowest BCUT2D eigenvalue weighted by atomic mass is 9.64. The summed E-state index contributed by atoms with van der Waals surface area (Å²) in [5.74, 6) is -1.13. The summed E-state index contributed by atoms with van der Waals surface area (Å²) < 4.78 is 9.83. The molecule has 2 fully saturated rings. The van der Waals surface area contributed by atoms with Gasteiger partial charge < -0.3 is 14.8 Å². The SMILES string of the molecule is COC(=O)c1ccc(OC(=O)CN2C(=O)N[C@@]3(C[C@@H](C)CC(C)(C)C3)C2=O)cc1. The van der Waals surface area contributed by atoms with Gasteiger partial charge >= 0.3 is 18.0 Å². The first-order chi connectivity index (χ1) is 13.5. The molecular formula is C21H26N2O6. The van der Waals surface area contributed by atoms with Gasteiger partial charge in [0.25, 0.3) is 5.91 Å². The average Bonchev–Trinajstić information content (AvgIpc) is 2.83. The molecule has 0 radical (unpaired) electrons. The molecule has 8 nitrogen and oxygen atoms in total. The zero-order valence-electron chi connectivity index (χ0n) is 17.1. The van der Waals surface area contributed by atoms with Crippen LogP contribution in [0.15, 0.2) is 24.3 Å². The van der Waals surface area contributed by atoms with Crippen LogP contribution in [0.2, 0.25) is 0 Å². The molecule has 2 aliphatic rings. The van der Waals surface area contributed by atoms with Gasteiger partial charge in [-0.15, -0.1) is 0 Å². The number of ether oxygens (including phenoxy) is 2. The molecule has 29 heavy (non-hydrogen) atoms. The molecule has 0 unspecified atom stereocenters. The third-order valence-corrected chi connectivity index (χ3v) is 5.42. The van der Waals surface area contributed by atoms with Crippen LogP contribution in [0.25, 0.3) is 0 Å². The van der Waals surface area contributed by atoms with Crippen molar-refractivity contribution in [3.63, 3.8) is 0 Å². The van der Waals surface area contributed by atoms with Crippen LogP contribution in [0.4, 0.5) is 4.79 Å². The van der Waals surface area contributed by atoms with E-state index in [2.05, 4.69) is 30.8 Å². The maximum absolute atomic E-state index is 13.1. The van der Waals surface area contributed by atoms with Crippen molar-refractivity contribution in [2.75, 3.05) is 13.7 Å². The first-order valence-corrected chi connectivity index (χ1v) is 9.58. The maximum Gasteiger partial charge on any atom is 0.337 e. The Morgan fingerprint density at radius 3 is 2.41 bits per heavy atom. The van der Waals surface area contributed by atoms with Crippen molar-refractivity contribution in [2.24, 2.45) is 11.3 Å². The minimum absolute atomic E-state index is 0.0848. The first kappa shape index (κ1) is 20.8. The number of nitrogens with zero attached hydrogens (tertiary/aromatic N) is 1. The van der Waals surface area contributed by atoms with Crippen LogP contribution in [0.5, 0.6) is 5.75 Å². The second kappa shape index (κ2) is 7.50. The molecule has 156 valence electrons. The largest absolute Gasteiger partial charge is 0.465 e. The molecule has 1 aliphatic heterocycles. The summed E-state index contributed by atoms with van der Waals surface area (Å²) in [6.45, 7) is 5.76. The summed E-state index contributed by atoms with van der Waals surface area (Å²) in [5.41, 5.74) is -0.725. The molecule has 1 spiro atoms. The third-order valence-electron chi connectivity index (χ3n) is 5.42. The smallest absolute Gasteiger partial charge is 0.337 e. The highest BCUT2D eigenvalue weighted by Gasteiger charge is 2.56. The number of urea groups is 1. The van der Waals surface area contributed by atoms with Gasteiger partial charge in [0.15, 0.2) is 0 Å². The van der Waals surface area contributed by atoms with Crippen LogP contribution in [0.3, 0.4) is 0 Å². The van der Waals surface area contributed by atoms with E-state index >= 15 is 0 Å². The number of rotatable bonds is 4. The number of hydrogen-bond donors (Lipinski definition) is 1. The number of carbonyl (C=O) groups is 4. The van der Waals surface area contributed by atoms with Gasteiger partial charge in [-0.2, -0.15) is 0 Å². The Bertz CT molecular complexity index is 847. The maximum atomic E-state index is 13.1. The topological polar surface area (TPSA) is 102 Å². The fraction of sp³-hybridized carbons (Fsp3) is 0.524. The van der Waals surface area contributed by atoms with Crippen molar-refractivity contribution in [1.29, 1.82) is 0 Å². The lowest BCUT2D eigenvalue weighted by molar-refractivity contribution is -0.142. The third kappa shape index (κ3) is 4.26. The molecule has 0 bridgehead atoms. The molecule has 1 aromatic rings. The number of methoxy groups -OCH3 is 1. The monoisotopic (exact) mass is 402 g/mol. The molecule has 1 N–H and O–H groups in total. The van der Waals surface area contributed by atoms with Gasteiger partial charge in [-0.3, -0.25) is 9.69 Å². The lowest BCUT2D eigenvalue weighted by Crippen LogP contribution is -2.54. The molecule has 1 heterocycles. The molecule has 1 saturated carbocycles. The Kier molecular flexibility index (Phi) is 5.38. The van der Waals surface area contributed by atoms with Gasteiger partial charge in [-0.05, 0) is 54.9 Å². The number of imide groups is 1. The van der Waals surface area contributed by atoms with Crippen molar-refractivity contribution in [1.82, 2.24) is 10.2 Å². The van der Waals surface area contributed by atoms with Crippen molar-refractivity contribution in [3.8, 4) is 5.75 Å². The standard InChI is InChI=1S/C21H26N2O6/c1-13-9-20(2,3)12-21(10-13)18(26)23(19(27)22-21)11-16(24)29-15-7-5-14(6-8-15)17(25)28-4/h5-8,13H,9-12H2,1-4H3,(H,22,27)/t13-,21+/m0/s1. The summed E-state index contributed by atoms with van der Waals surface area (Å²) in [6, 6.07) is 5.25. The Balaban J connectivity index is 1.67. The molecule has 3 rings (SSSR count). The number of benzene rings is 1. The predicted molar refractivity (Wildman–Crippen MR) is 103 cm³/mol. The number of hydrogen-bond acceptors (Lipinski definition) is 6. The summed E-state index contributed by atoms with van der Waals surface area (Å²) in [7, 11) is 1.27. The summed E-state index contributed by atoms with van der Waals surface area (Å²) in [5, 5.41) is 2.83. The highest BCUT2D eigenvalue weighted by molar-refractivity contribution is 6.08. The lowest BCUT2D eigenvalue weighted by Gasteiger charge is -2.43. The van der Waals surface area contributed by atoms with Crippen molar-refractivity contribution < 1.29 is 28.7 Å². The average molecular weight is 402 g/mol. The number of esters is 2. The Morgan fingerprint density at radius 1 is 1.17 bits per heavy atom. The van der Waals surface area contributed by atoms with Gasteiger partial charge in [0.2, 0.25) is 0 Å². The zero-order valence-corrected chi connectivity index (χ0v) is 17.1. The van der Waals surface area contributed by atoms with Crippen LogP contribution in [-0.4, -0.2) is 48.0 Å². The van der Waals surface area contributed by atoms with E-state index in [0.29, 0.717) is 18.4 Å². The van der Waals surface area contributed by atoms with Gasteiger partial charge in [-0.1, -0.05) is 20.8 Å². The molecule has 1 aliphatic carbocycles. The number of carbonyl (C=O) groups excluding carboxylic acids is 4. The Hall–Kier alpha value is -2.90. The van der Waals surface area contributed by atoms with Gasteiger partial charge in [0, 0.05) is 0 Å². The highest BCUT2D eigenvalue weighted by Crippen LogP contribution is 2.46. The molecule has 2 atom stereocenters. The van der Waals surface area contributed by atoms with Crippen LogP contribution in [-0.2, 0) is 14.3 Å². The summed E-state index contributed by atoms with van der Waals surface area (Å²) in [6.07, 6.45) is 2.07. The predicted octanol–water partition coefficient (Wildman–Crippen LogP) is 2.52. The van der Waals surface area contributed by atoms with Crippen molar-refractivity contribution in [3.05, 3.63) is 29.8 Å². The minimum Gasteiger partial charge on any atom is -0.465 e. The van der Waals surface area contributed by atoms with Crippen LogP contribution in [0.1, 0.15) is 50.4 Å². The second-order valence-electron chi connectivity index (χ2n) is 8.75. The van der Waals surface area contributed by atoms with Gasteiger partial charge in [-0.25, -0.2) is 14.4 Å². The van der Waals surface area contributed by atoms with E-state index in [1.807, 2.05) is 0 Å².